The SMILES string of the molecule is CCNC(=NCc1ccc(OC)c(F)c1)N(C)Cc1csc(C(C)OC)n1. The van der Waals surface area contributed by atoms with Crippen LogP contribution in [-0.4, -0.2) is 43.7 Å². The molecule has 0 saturated heterocycles. The molecule has 27 heavy (non-hydrogen) atoms. The molecule has 1 unspecified atom stereocenters. The highest BCUT2D eigenvalue weighted by atomic mass is 32.1. The Kier molecular flexibility index (Phi) is 7.99. The Hall–Kier alpha value is -2.19. The number of aliphatic imine (C=N–C) groups is 1. The zero-order valence-corrected chi connectivity index (χ0v) is 17.3. The van der Waals surface area contributed by atoms with E-state index in [2.05, 4.69) is 15.3 Å². The Morgan fingerprint density at radius 2 is 2.19 bits per heavy atom. The van der Waals surface area contributed by atoms with E-state index in [0.717, 1.165) is 28.8 Å². The fraction of sp³-hybridized carbons (Fsp3) is 0.474. The second kappa shape index (κ2) is 10.2. The van der Waals surface area contributed by atoms with Crippen LogP contribution in [0.4, 0.5) is 4.39 Å². The molecule has 8 heteroatoms. The summed E-state index contributed by atoms with van der Waals surface area (Å²) in [5.74, 6) is 0.588. The van der Waals surface area contributed by atoms with Crippen LogP contribution in [0.1, 0.15) is 36.2 Å². The Morgan fingerprint density at radius 3 is 2.81 bits per heavy atom. The summed E-state index contributed by atoms with van der Waals surface area (Å²) in [5.41, 5.74) is 1.74. The van der Waals surface area contributed by atoms with Crippen molar-refractivity contribution in [2.24, 2.45) is 4.99 Å². The minimum atomic E-state index is -0.383. The van der Waals surface area contributed by atoms with Gasteiger partial charge in [-0.3, -0.25) is 0 Å². The first-order chi connectivity index (χ1) is 13.0. The van der Waals surface area contributed by atoms with Crippen LogP contribution < -0.4 is 10.1 Å². The highest BCUT2D eigenvalue weighted by Gasteiger charge is 2.13. The van der Waals surface area contributed by atoms with Crippen LogP contribution in [0.3, 0.4) is 0 Å². The zero-order chi connectivity index (χ0) is 19.8. The summed E-state index contributed by atoms with van der Waals surface area (Å²) in [6.45, 7) is 5.72. The van der Waals surface area contributed by atoms with Crippen LogP contribution in [0.5, 0.6) is 5.75 Å². The van der Waals surface area contributed by atoms with Gasteiger partial charge in [-0.2, -0.15) is 0 Å². The van der Waals surface area contributed by atoms with Crippen LogP contribution in [0.15, 0.2) is 28.6 Å². The number of aromatic nitrogens is 1. The topological polar surface area (TPSA) is 59.0 Å². The summed E-state index contributed by atoms with van der Waals surface area (Å²) in [6.07, 6.45) is -0.0130. The summed E-state index contributed by atoms with van der Waals surface area (Å²) in [5, 5.41) is 6.25. The van der Waals surface area contributed by atoms with Crippen LogP contribution in [0.2, 0.25) is 0 Å². The second-order valence-corrected chi connectivity index (χ2v) is 6.94. The van der Waals surface area contributed by atoms with Crippen molar-refractivity contribution in [1.29, 1.82) is 0 Å². The van der Waals surface area contributed by atoms with Crippen molar-refractivity contribution in [3.05, 3.63) is 45.7 Å². The van der Waals surface area contributed by atoms with E-state index in [-0.39, 0.29) is 17.7 Å². The van der Waals surface area contributed by atoms with Gasteiger partial charge in [-0.25, -0.2) is 14.4 Å². The van der Waals surface area contributed by atoms with Gasteiger partial charge in [0.05, 0.1) is 25.9 Å². The monoisotopic (exact) mass is 394 g/mol. The number of nitrogens with zero attached hydrogens (tertiary/aromatic N) is 3. The molecule has 2 rings (SSSR count). The van der Waals surface area contributed by atoms with E-state index in [4.69, 9.17) is 9.47 Å². The molecule has 1 heterocycles. The third kappa shape index (κ3) is 5.90. The van der Waals surface area contributed by atoms with Gasteiger partial charge in [-0.1, -0.05) is 6.07 Å². The van der Waals surface area contributed by atoms with Gasteiger partial charge in [0.25, 0.3) is 0 Å². The number of rotatable bonds is 8. The van der Waals surface area contributed by atoms with E-state index in [1.165, 1.54) is 13.2 Å². The van der Waals surface area contributed by atoms with Gasteiger partial charge in [0, 0.05) is 26.1 Å². The fourth-order valence-corrected chi connectivity index (χ4v) is 3.29. The normalized spacial score (nSPS) is 12.7. The molecule has 1 atom stereocenters. The molecule has 0 aliphatic rings. The largest absolute Gasteiger partial charge is 0.494 e. The van der Waals surface area contributed by atoms with Crippen LogP contribution >= 0.6 is 11.3 Å². The summed E-state index contributed by atoms with van der Waals surface area (Å²) >= 11 is 1.59. The molecular formula is C19H27FN4O2S. The zero-order valence-electron chi connectivity index (χ0n) is 16.5. The van der Waals surface area contributed by atoms with Crippen molar-refractivity contribution in [2.45, 2.75) is 33.0 Å². The van der Waals surface area contributed by atoms with Gasteiger partial charge in [0.2, 0.25) is 0 Å². The van der Waals surface area contributed by atoms with Gasteiger partial charge in [0.1, 0.15) is 11.1 Å². The molecule has 0 amide bonds. The maximum Gasteiger partial charge on any atom is 0.194 e. The molecule has 0 spiro atoms. The van der Waals surface area contributed by atoms with Crippen LogP contribution in [0.25, 0.3) is 0 Å². The number of benzene rings is 1. The smallest absolute Gasteiger partial charge is 0.194 e. The number of guanidine groups is 1. The molecule has 0 radical (unpaired) electrons. The molecular weight excluding hydrogens is 367 g/mol. The summed E-state index contributed by atoms with van der Waals surface area (Å²) in [6, 6.07) is 4.88. The van der Waals surface area contributed by atoms with Gasteiger partial charge in [-0.15, -0.1) is 11.3 Å². The fourth-order valence-electron chi connectivity index (χ4n) is 2.44. The van der Waals surface area contributed by atoms with E-state index < -0.39 is 0 Å². The lowest BCUT2D eigenvalue weighted by atomic mass is 10.2. The summed E-state index contributed by atoms with van der Waals surface area (Å²) in [7, 11) is 5.08. The molecule has 6 nitrogen and oxygen atoms in total. The average Bonchev–Trinajstić information content (AvgIpc) is 3.13. The highest BCUT2D eigenvalue weighted by molar-refractivity contribution is 7.09. The molecule has 0 aliphatic carbocycles. The Bertz CT molecular complexity index is 766. The minimum absolute atomic E-state index is 0.0130. The molecule has 0 saturated carbocycles. The van der Waals surface area contributed by atoms with E-state index >= 15 is 0 Å². The molecule has 0 aliphatic heterocycles. The number of thiazole rings is 1. The molecule has 0 bridgehead atoms. The van der Waals surface area contributed by atoms with Gasteiger partial charge < -0.3 is 19.7 Å². The second-order valence-electron chi connectivity index (χ2n) is 6.05. The van der Waals surface area contributed by atoms with Crippen molar-refractivity contribution < 1.29 is 13.9 Å². The molecule has 148 valence electrons. The number of ether oxygens (including phenoxy) is 2. The molecule has 1 aromatic heterocycles. The Labute approximate surface area is 164 Å². The Morgan fingerprint density at radius 1 is 1.41 bits per heavy atom. The number of hydrogen-bond acceptors (Lipinski definition) is 5. The molecule has 1 aromatic carbocycles. The van der Waals surface area contributed by atoms with Crippen molar-refractivity contribution in [2.75, 3.05) is 27.8 Å². The van der Waals surface area contributed by atoms with E-state index in [9.17, 15) is 4.39 Å². The molecule has 0 fully saturated rings. The van der Waals surface area contributed by atoms with Crippen LogP contribution in [-0.2, 0) is 17.8 Å². The number of halogens is 1. The lowest BCUT2D eigenvalue weighted by Crippen LogP contribution is -2.38. The quantitative estimate of drug-likeness (QED) is 0.548. The first-order valence-electron chi connectivity index (χ1n) is 8.77. The number of hydrogen-bond donors (Lipinski definition) is 1. The van der Waals surface area contributed by atoms with Crippen molar-refractivity contribution >= 4 is 17.3 Å². The van der Waals surface area contributed by atoms with Gasteiger partial charge in [0.15, 0.2) is 17.5 Å². The minimum Gasteiger partial charge on any atom is -0.494 e. The van der Waals surface area contributed by atoms with Gasteiger partial charge in [-0.05, 0) is 31.5 Å². The van der Waals surface area contributed by atoms with Crippen molar-refractivity contribution in [3.8, 4) is 5.75 Å². The van der Waals surface area contributed by atoms with Crippen molar-refractivity contribution in [3.63, 3.8) is 0 Å². The predicted octanol–water partition coefficient (Wildman–Crippen LogP) is 3.60. The van der Waals surface area contributed by atoms with Gasteiger partial charge >= 0.3 is 0 Å². The highest BCUT2D eigenvalue weighted by Crippen LogP contribution is 2.21. The van der Waals surface area contributed by atoms with E-state index in [1.807, 2.05) is 37.2 Å². The standard InChI is InChI=1S/C19H27FN4O2S/c1-6-21-19(22-10-14-7-8-17(26-5)16(20)9-14)24(3)11-15-12-27-18(23-15)13(2)25-4/h7-9,12-13H,6,10-11H2,1-5H3,(H,21,22). The summed E-state index contributed by atoms with van der Waals surface area (Å²) < 4.78 is 24.1. The predicted molar refractivity (Wildman–Crippen MR) is 107 cm³/mol. The average molecular weight is 395 g/mol. The third-order valence-electron chi connectivity index (χ3n) is 3.99. The number of nitrogens with one attached hydrogen (secondary N) is 1. The Balaban J connectivity index is 2.07. The summed E-state index contributed by atoms with van der Waals surface area (Å²) in [4.78, 5) is 11.2. The third-order valence-corrected chi connectivity index (χ3v) is 5.05. The number of methoxy groups -OCH3 is 2. The van der Waals surface area contributed by atoms with E-state index in [1.54, 1.807) is 24.5 Å². The van der Waals surface area contributed by atoms with Crippen LogP contribution in [0, 0.1) is 5.82 Å². The maximum absolute atomic E-state index is 13.8. The first-order valence-corrected chi connectivity index (χ1v) is 9.65. The molecule has 1 N–H and O–H groups in total. The lowest BCUT2D eigenvalue weighted by Gasteiger charge is -2.21. The van der Waals surface area contributed by atoms with Crippen molar-refractivity contribution in [1.82, 2.24) is 15.2 Å². The molecule has 2 aromatic rings. The first kappa shape index (κ1) is 21.1. The maximum atomic E-state index is 13.8. The lowest BCUT2D eigenvalue weighted by molar-refractivity contribution is 0.119. The van der Waals surface area contributed by atoms with E-state index in [0.29, 0.717) is 13.1 Å².